The van der Waals surface area contributed by atoms with Crippen LogP contribution >= 0.6 is 0 Å². The maximum Gasteiger partial charge on any atom is 0.219 e. The van der Waals surface area contributed by atoms with Crippen molar-refractivity contribution in [3.63, 3.8) is 0 Å². The third kappa shape index (κ3) is 3.45. The molecule has 0 saturated heterocycles. The SMILES string of the molecule is CCOc1ccccc1Oc1cc([C@@H](C)N)ccn1. The molecule has 4 heteroatoms. The second kappa shape index (κ2) is 6.20. The van der Waals surface area contributed by atoms with Crippen LogP contribution in [-0.2, 0) is 0 Å². The van der Waals surface area contributed by atoms with E-state index in [0.717, 1.165) is 5.56 Å². The van der Waals surface area contributed by atoms with Crippen molar-refractivity contribution in [1.29, 1.82) is 0 Å². The predicted molar refractivity (Wildman–Crippen MR) is 74.5 cm³/mol. The largest absolute Gasteiger partial charge is 0.490 e. The Morgan fingerprint density at radius 1 is 1.21 bits per heavy atom. The van der Waals surface area contributed by atoms with Gasteiger partial charge in [-0.15, -0.1) is 0 Å². The molecule has 2 N–H and O–H groups in total. The summed E-state index contributed by atoms with van der Waals surface area (Å²) in [5.74, 6) is 1.87. The molecule has 1 aromatic carbocycles. The Kier molecular flexibility index (Phi) is 4.36. The average molecular weight is 258 g/mol. The first kappa shape index (κ1) is 13.4. The molecule has 19 heavy (non-hydrogen) atoms. The van der Waals surface area contributed by atoms with Gasteiger partial charge in [0.25, 0.3) is 0 Å². The molecule has 0 aliphatic carbocycles. The quantitative estimate of drug-likeness (QED) is 0.894. The van der Waals surface area contributed by atoms with E-state index < -0.39 is 0 Å². The minimum atomic E-state index is -0.0486. The number of rotatable bonds is 5. The molecule has 0 saturated carbocycles. The molecule has 0 bridgehead atoms. The summed E-state index contributed by atoms with van der Waals surface area (Å²) in [6.07, 6.45) is 1.69. The minimum Gasteiger partial charge on any atom is -0.490 e. The van der Waals surface area contributed by atoms with E-state index in [1.165, 1.54) is 0 Å². The van der Waals surface area contributed by atoms with Crippen molar-refractivity contribution in [1.82, 2.24) is 4.98 Å². The van der Waals surface area contributed by atoms with Crippen LogP contribution in [0.3, 0.4) is 0 Å². The molecule has 4 nitrogen and oxygen atoms in total. The normalized spacial score (nSPS) is 11.9. The average Bonchev–Trinajstić information content (AvgIpc) is 2.41. The van der Waals surface area contributed by atoms with Crippen LogP contribution in [0, 0.1) is 0 Å². The van der Waals surface area contributed by atoms with Gasteiger partial charge in [0, 0.05) is 18.3 Å². The second-order valence-electron chi connectivity index (χ2n) is 4.20. The van der Waals surface area contributed by atoms with Crippen molar-refractivity contribution in [2.45, 2.75) is 19.9 Å². The van der Waals surface area contributed by atoms with Gasteiger partial charge in [-0.3, -0.25) is 0 Å². The third-order valence-electron chi connectivity index (χ3n) is 2.65. The first-order valence-electron chi connectivity index (χ1n) is 6.32. The van der Waals surface area contributed by atoms with E-state index in [0.29, 0.717) is 24.0 Å². The van der Waals surface area contributed by atoms with Crippen molar-refractivity contribution in [3.05, 3.63) is 48.2 Å². The lowest BCUT2D eigenvalue weighted by Gasteiger charge is -2.12. The Morgan fingerprint density at radius 2 is 1.95 bits per heavy atom. The molecule has 0 aliphatic heterocycles. The van der Waals surface area contributed by atoms with Gasteiger partial charge in [0.2, 0.25) is 5.88 Å². The highest BCUT2D eigenvalue weighted by Crippen LogP contribution is 2.30. The van der Waals surface area contributed by atoms with E-state index in [4.69, 9.17) is 15.2 Å². The lowest BCUT2D eigenvalue weighted by molar-refractivity contribution is 0.319. The fourth-order valence-electron chi connectivity index (χ4n) is 1.69. The fourth-order valence-corrected chi connectivity index (χ4v) is 1.69. The molecule has 0 spiro atoms. The van der Waals surface area contributed by atoms with Crippen molar-refractivity contribution in [2.24, 2.45) is 5.73 Å². The van der Waals surface area contributed by atoms with Crippen LogP contribution in [-0.4, -0.2) is 11.6 Å². The number of nitrogens with zero attached hydrogens (tertiary/aromatic N) is 1. The number of pyridine rings is 1. The fraction of sp³-hybridized carbons (Fsp3) is 0.267. The topological polar surface area (TPSA) is 57.4 Å². The van der Waals surface area contributed by atoms with Gasteiger partial charge in [0.05, 0.1) is 6.61 Å². The number of nitrogens with two attached hydrogens (primary N) is 1. The van der Waals surface area contributed by atoms with Crippen LogP contribution in [0.5, 0.6) is 17.4 Å². The molecule has 1 heterocycles. The summed E-state index contributed by atoms with van der Waals surface area (Å²) in [5, 5.41) is 0. The molecular formula is C15H18N2O2. The third-order valence-corrected chi connectivity index (χ3v) is 2.65. The first-order valence-corrected chi connectivity index (χ1v) is 6.32. The number of benzene rings is 1. The second-order valence-corrected chi connectivity index (χ2v) is 4.20. The number of ether oxygens (including phenoxy) is 2. The predicted octanol–water partition coefficient (Wildman–Crippen LogP) is 3.29. The van der Waals surface area contributed by atoms with Gasteiger partial charge in [-0.05, 0) is 37.6 Å². The summed E-state index contributed by atoms with van der Waals surface area (Å²) in [5.41, 5.74) is 6.83. The summed E-state index contributed by atoms with van der Waals surface area (Å²) in [4.78, 5) is 4.18. The smallest absolute Gasteiger partial charge is 0.219 e. The zero-order valence-corrected chi connectivity index (χ0v) is 11.2. The Morgan fingerprint density at radius 3 is 2.63 bits per heavy atom. The Bertz CT molecular complexity index is 541. The van der Waals surface area contributed by atoms with Crippen molar-refractivity contribution in [3.8, 4) is 17.4 Å². The van der Waals surface area contributed by atoms with Gasteiger partial charge in [0.1, 0.15) is 0 Å². The van der Waals surface area contributed by atoms with Crippen LogP contribution in [0.4, 0.5) is 0 Å². The molecule has 1 atom stereocenters. The van der Waals surface area contributed by atoms with Gasteiger partial charge in [-0.1, -0.05) is 12.1 Å². The first-order chi connectivity index (χ1) is 9.20. The molecule has 0 unspecified atom stereocenters. The maximum absolute atomic E-state index is 5.85. The number of hydrogen-bond donors (Lipinski definition) is 1. The molecule has 1 aromatic heterocycles. The van der Waals surface area contributed by atoms with Crippen LogP contribution in [0.15, 0.2) is 42.6 Å². The highest BCUT2D eigenvalue weighted by atomic mass is 16.5. The highest BCUT2D eigenvalue weighted by molar-refractivity contribution is 5.42. The van der Waals surface area contributed by atoms with E-state index in [-0.39, 0.29) is 6.04 Å². The zero-order chi connectivity index (χ0) is 13.7. The molecular weight excluding hydrogens is 240 g/mol. The highest BCUT2D eigenvalue weighted by Gasteiger charge is 2.07. The van der Waals surface area contributed by atoms with Gasteiger partial charge in [-0.25, -0.2) is 4.98 Å². The lowest BCUT2D eigenvalue weighted by Crippen LogP contribution is -2.05. The Balaban J connectivity index is 2.23. The molecule has 0 aliphatic rings. The van der Waals surface area contributed by atoms with Crippen molar-refractivity contribution >= 4 is 0 Å². The van der Waals surface area contributed by atoms with Crippen molar-refractivity contribution in [2.75, 3.05) is 6.61 Å². The molecule has 0 fully saturated rings. The van der Waals surface area contributed by atoms with Crippen LogP contribution < -0.4 is 15.2 Å². The lowest BCUT2D eigenvalue weighted by atomic mass is 10.1. The van der Waals surface area contributed by atoms with E-state index in [1.807, 2.05) is 50.2 Å². The molecule has 0 amide bonds. The monoisotopic (exact) mass is 258 g/mol. The van der Waals surface area contributed by atoms with Gasteiger partial charge >= 0.3 is 0 Å². The molecule has 2 aromatic rings. The van der Waals surface area contributed by atoms with Gasteiger partial charge < -0.3 is 15.2 Å². The number of para-hydroxylation sites is 2. The van der Waals surface area contributed by atoms with E-state index >= 15 is 0 Å². The van der Waals surface area contributed by atoms with Gasteiger partial charge in [-0.2, -0.15) is 0 Å². The standard InChI is InChI=1S/C15H18N2O2/c1-3-18-13-6-4-5-7-14(13)19-15-10-12(11(2)16)8-9-17-15/h4-11H,3,16H2,1-2H3/t11-/m1/s1. The van der Waals surface area contributed by atoms with E-state index in [2.05, 4.69) is 4.98 Å². The Hall–Kier alpha value is -2.07. The number of hydrogen-bond acceptors (Lipinski definition) is 4. The minimum absolute atomic E-state index is 0.0486. The van der Waals surface area contributed by atoms with E-state index in [1.54, 1.807) is 6.20 Å². The summed E-state index contributed by atoms with van der Waals surface area (Å²) >= 11 is 0. The molecule has 2 rings (SSSR count). The van der Waals surface area contributed by atoms with Crippen LogP contribution in [0.25, 0.3) is 0 Å². The number of aromatic nitrogens is 1. The molecule has 100 valence electrons. The maximum atomic E-state index is 5.85. The summed E-state index contributed by atoms with van der Waals surface area (Å²) in [6.45, 7) is 4.45. The van der Waals surface area contributed by atoms with Crippen LogP contribution in [0.1, 0.15) is 25.5 Å². The summed E-state index contributed by atoms with van der Waals surface area (Å²) in [7, 11) is 0. The zero-order valence-electron chi connectivity index (χ0n) is 11.2. The van der Waals surface area contributed by atoms with Crippen LogP contribution in [0.2, 0.25) is 0 Å². The Labute approximate surface area is 113 Å². The van der Waals surface area contributed by atoms with E-state index in [9.17, 15) is 0 Å². The summed E-state index contributed by atoms with van der Waals surface area (Å²) < 4.78 is 11.3. The van der Waals surface area contributed by atoms with Gasteiger partial charge in [0.15, 0.2) is 11.5 Å². The summed E-state index contributed by atoms with van der Waals surface area (Å²) in [6, 6.07) is 11.2. The van der Waals surface area contributed by atoms with Crippen molar-refractivity contribution < 1.29 is 9.47 Å². The molecule has 0 radical (unpaired) electrons.